The van der Waals surface area contributed by atoms with Gasteiger partial charge in [0.15, 0.2) is 0 Å². The van der Waals surface area contributed by atoms with Gasteiger partial charge in [0, 0.05) is 24.0 Å². The molecule has 130 valence electrons. The van der Waals surface area contributed by atoms with Gasteiger partial charge in [0.1, 0.15) is 0 Å². The standard InChI is InChI=1S/C16H20N2O4S2/c1-4-18(12-14-6-5-11-23-14)16(19)13-7-9-15(10-8-13)24(20,21)17(2)22-3/h5-11H,4,12H2,1-3H3. The van der Waals surface area contributed by atoms with E-state index in [1.54, 1.807) is 16.2 Å². The van der Waals surface area contributed by atoms with Crippen LogP contribution < -0.4 is 0 Å². The van der Waals surface area contributed by atoms with Crippen LogP contribution >= 0.6 is 11.3 Å². The molecule has 0 aliphatic rings. The molecule has 6 nitrogen and oxygen atoms in total. The van der Waals surface area contributed by atoms with Crippen LogP contribution in [0.25, 0.3) is 0 Å². The number of amides is 1. The predicted octanol–water partition coefficient (Wildman–Crippen LogP) is 2.59. The zero-order valence-electron chi connectivity index (χ0n) is 13.8. The van der Waals surface area contributed by atoms with Crippen LogP contribution in [0.2, 0.25) is 0 Å². The number of sulfonamides is 1. The summed E-state index contributed by atoms with van der Waals surface area (Å²) in [7, 11) is -1.12. The van der Waals surface area contributed by atoms with Gasteiger partial charge < -0.3 is 4.90 Å². The third-order valence-electron chi connectivity index (χ3n) is 3.59. The topological polar surface area (TPSA) is 66.9 Å². The first-order valence-corrected chi connectivity index (χ1v) is 9.67. The molecule has 0 bridgehead atoms. The molecule has 0 fully saturated rings. The second kappa shape index (κ2) is 7.89. The molecule has 0 saturated carbocycles. The monoisotopic (exact) mass is 368 g/mol. The van der Waals surface area contributed by atoms with E-state index in [0.717, 1.165) is 9.35 Å². The molecule has 2 rings (SSSR count). The molecular weight excluding hydrogens is 348 g/mol. The summed E-state index contributed by atoms with van der Waals surface area (Å²) >= 11 is 1.60. The Balaban J connectivity index is 2.18. The van der Waals surface area contributed by atoms with Crippen molar-refractivity contribution in [1.29, 1.82) is 0 Å². The highest BCUT2D eigenvalue weighted by atomic mass is 32.2. The maximum atomic E-state index is 12.6. The lowest BCUT2D eigenvalue weighted by molar-refractivity contribution is -0.0258. The van der Waals surface area contributed by atoms with Gasteiger partial charge in [0.05, 0.1) is 18.6 Å². The van der Waals surface area contributed by atoms with Crippen LogP contribution in [0.4, 0.5) is 0 Å². The normalized spacial score (nSPS) is 11.7. The number of hydrogen-bond donors (Lipinski definition) is 0. The van der Waals surface area contributed by atoms with Crippen LogP contribution in [0.15, 0.2) is 46.7 Å². The van der Waals surface area contributed by atoms with Gasteiger partial charge >= 0.3 is 0 Å². The molecule has 0 N–H and O–H groups in total. The fraction of sp³-hybridized carbons (Fsp3) is 0.312. The van der Waals surface area contributed by atoms with Crippen LogP contribution in [0, 0.1) is 0 Å². The minimum Gasteiger partial charge on any atom is -0.334 e. The summed E-state index contributed by atoms with van der Waals surface area (Å²) in [5, 5.41) is 1.97. The molecule has 0 spiro atoms. The van der Waals surface area contributed by atoms with E-state index in [0.29, 0.717) is 18.7 Å². The lowest BCUT2D eigenvalue weighted by Gasteiger charge is -2.20. The Morgan fingerprint density at radius 1 is 1.21 bits per heavy atom. The van der Waals surface area contributed by atoms with Gasteiger partial charge in [0.25, 0.3) is 15.9 Å². The minimum atomic E-state index is -3.71. The Labute approximate surface area is 146 Å². The second-order valence-corrected chi connectivity index (χ2v) is 7.99. The Morgan fingerprint density at radius 3 is 2.38 bits per heavy atom. The van der Waals surface area contributed by atoms with Crippen LogP contribution in [-0.2, 0) is 21.4 Å². The van der Waals surface area contributed by atoms with Crippen molar-refractivity contribution < 1.29 is 18.0 Å². The van der Waals surface area contributed by atoms with Gasteiger partial charge in [-0.1, -0.05) is 10.5 Å². The van der Waals surface area contributed by atoms with Gasteiger partial charge in [0.2, 0.25) is 0 Å². The second-order valence-electron chi connectivity index (χ2n) is 5.02. The molecule has 0 unspecified atom stereocenters. The molecule has 0 saturated heterocycles. The number of hydrogen-bond acceptors (Lipinski definition) is 5. The number of carbonyl (C=O) groups is 1. The van der Waals surface area contributed by atoms with Crippen molar-refractivity contribution in [2.45, 2.75) is 18.4 Å². The summed E-state index contributed by atoms with van der Waals surface area (Å²) in [6.45, 7) is 3.03. The van der Waals surface area contributed by atoms with E-state index in [2.05, 4.69) is 0 Å². The van der Waals surface area contributed by atoms with Crippen molar-refractivity contribution in [3.63, 3.8) is 0 Å². The quantitative estimate of drug-likeness (QED) is 0.705. The van der Waals surface area contributed by atoms with Gasteiger partial charge in [-0.05, 0) is 42.6 Å². The van der Waals surface area contributed by atoms with Crippen molar-refractivity contribution in [3.05, 3.63) is 52.2 Å². The van der Waals surface area contributed by atoms with Gasteiger partial charge in [-0.15, -0.1) is 11.3 Å². The van der Waals surface area contributed by atoms with E-state index < -0.39 is 10.0 Å². The van der Waals surface area contributed by atoms with Gasteiger partial charge in [-0.3, -0.25) is 9.63 Å². The summed E-state index contributed by atoms with van der Waals surface area (Å²) < 4.78 is 25.1. The molecule has 0 radical (unpaired) electrons. The molecule has 0 aliphatic heterocycles. The van der Waals surface area contributed by atoms with Crippen LogP contribution in [-0.4, -0.2) is 44.4 Å². The Kier molecular flexibility index (Phi) is 6.11. The maximum absolute atomic E-state index is 12.6. The number of benzene rings is 1. The van der Waals surface area contributed by atoms with Crippen molar-refractivity contribution in [2.75, 3.05) is 20.7 Å². The lowest BCUT2D eigenvalue weighted by atomic mass is 10.2. The average Bonchev–Trinajstić information content (AvgIpc) is 3.11. The largest absolute Gasteiger partial charge is 0.334 e. The summed E-state index contributed by atoms with van der Waals surface area (Å²) in [6.07, 6.45) is 0. The highest BCUT2D eigenvalue weighted by molar-refractivity contribution is 7.89. The first-order chi connectivity index (χ1) is 11.4. The van der Waals surface area contributed by atoms with E-state index in [1.165, 1.54) is 38.4 Å². The van der Waals surface area contributed by atoms with Crippen molar-refractivity contribution in [3.8, 4) is 0 Å². The van der Waals surface area contributed by atoms with E-state index in [1.807, 2.05) is 24.4 Å². The first-order valence-electron chi connectivity index (χ1n) is 7.35. The van der Waals surface area contributed by atoms with Crippen LogP contribution in [0.1, 0.15) is 22.2 Å². The van der Waals surface area contributed by atoms with Crippen molar-refractivity contribution in [2.24, 2.45) is 0 Å². The van der Waals surface area contributed by atoms with E-state index in [9.17, 15) is 13.2 Å². The molecule has 1 amide bonds. The predicted molar refractivity (Wildman–Crippen MR) is 93.1 cm³/mol. The highest BCUT2D eigenvalue weighted by Gasteiger charge is 2.22. The number of carbonyl (C=O) groups excluding carboxylic acids is 1. The molecule has 1 aromatic heterocycles. The Morgan fingerprint density at radius 2 is 1.88 bits per heavy atom. The smallest absolute Gasteiger partial charge is 0.264 e. The molecule has 0 aliphatic carbocycles. The fourth-order valence-corrected chi connectivity index (χ4v) is 3.81. The number of thiophene rings is 1. The fourth-order valence-electron chi connectivity index (χ4n) is 2.12. The molecule has 2 aromatic rings. The Bertz CT molecular complexity index is 771. The summed E-state index contributed by atoms with van der Waals surface area (Å²) in [5.74, 6) is -0.130. The van der Waals surface area contributed by atoms with E-state index in [4.69, 9.17) is 4.84 Å². The maximum Gasteiger partial charge on any atom is 0.264 e. The number of nitrogens with zero attached hydrogens (tertiary/aromatic N) is 2. The minimum absolute atomic E-state index is 0.0738. The molecule has 8 heteroatoms. The van der Waals surface area contributed by atoms with Gasteiger partial charge in [-0.2, -0.15) is 0 Å². The molecule has 24 heavy (non-hydrogen) atoms. The zero-order chi connectivity index (χ0) is 17.7. The Hall–Kier alpha value is -1.74. The van der Waals surface area contributed by atoms with Crippen LogP contribution in [0.3, 0.4) is 0 Å². The van der Waals surface area contributed by atoms with Gasteiger partial charge in [-0.25, -0.2) is 8.42 Å². The molecule has 0 atom stereocenters. The molecular formula is C16H20N2O4S2. The SMILES string of the molecule is CCN(Cc1cccs1)C(=O)c1ccc(S(=O)(=O)N(C)OC)cc1. The molecule has 1 aromatic carbocycles. The average molecular weight is 368 g/mol. The third-order valence-corrected chi connectivity index (χ3v) is 6.15. The summed E-state index contributed by atoms with van der Waals surface area (Å²) in [6, 6.07) is 9.81. The molecule has 1 heterocycles. The zero-order valence-corrected chi connectivity index (χ0v) is 15.4. The first kappa shape index (κ1) is 18.6. The van der Waals surface area contributed by atoms with Crippen molar-refractivity contribution in [1.82, 2.24) is 9.37 Å². The number of hydroxylamine groups is 1. The summed E-state index contributed by atoms with van der Waals surface area (Å²) in [5.41, 5.74) is 0.451. The number of rotatable bonds is 7. The lowest BCUT2D eigenvalue weighted by Crippen LogP contribution is -2.30. The highest BCUT2D eigenvalue weighted by Crippen LogP contribution is 2.18. The van der Waals surface area contributed by atoms with E-state index in [-0.39, 0.29) is 10.8 Å². The van der Waals surface area contributed by atoms with Crippen molar-refractivity contribution >= 4 is 27.3 Å². The summed E-state index contributed by atoms with van der Waals surface area (Å²) in [4.78, 5) is 20.2. The third kappa shape index (κ3) is 4.02. The van der Waals surface area contributed by atoms with E-state index >= 15 is 0 Å². The van der Waals surface area contributed by atoms with Crippen LogP contribution in [0.5, 0.6) is 0 Å².